The van der Waals surface area contributed by atoms with Crippen LogP contribution in [0.25, 0.3) is 0 Å². The van der Waals surface area contributed by atoms with Crippen molar-refractivity contribution in [2.45, 2.75) is 24.6 Å². The van der Waals surface area contributed by atoms with Gasteiger partial charge in [0.25, 0.3) is 5.91 Å². The number of hydrogen-bond acceptors (Lipinski definition) is 4. The summed E-state index contributed by atoms with van der Waals surface area (Å²) in [6.45, 7) is 0.646. The van der Waals surface area contributed by atoms with Gasteiger partial charge in [0.2, 0.25) is 0 Å². The fraction of sp³-hybridized carbons (Fsp3) is 0.500. The summed E-state index contributed by atoms with van der Waals surface area (Å²) in [7, 11) is -3.07. The summed E-state index contributed by atoms with van der Waals surface area (Å²) in [5.74, 6) is -0.128. The first-order valence-electron chi connectivity index (χ1n) is 6.59. The van der Waals surface area contributed by atoms with Crippen molar-refractivity contribution in [2.75, 3.05) is 19.4 Å². The number of rotatable bonds is 4. The average Bonchev–Trinajstić information content (AvgIpc) is 2.85. The maximum Gasteiger partial charge on any atom is 0.254 e. The summed E-state index contributed by atoms with van der Waals surface area (Å²) in [5.41, 5.74) is 1.20. The number of carbonyl (C=O) groups excluding carboxylic acids is 1. The molecule has 1 N–H and O–H groups in total. The van der Waals surface area contributed by atoms with Crippen LogP contribution >= 0.6 is 0 Å². The molecular formula is C14H19NO4S. The number of amides is 1. The lowest BCUT2D eigenvalue weighted by Crippen LogP contribution is -2.37. The van der Waals surface area contributed by atoms with Crippen LogP contribution in [0.3, 0.4) is 0 Å². The molecule has 1 aliphatic rings. The first-order valence-corrected chi connectivity index (χ1v) is 8.65. The normalized spacial score (nSPS) is 19.3. The number of nitrogens with zero attached hydrogens (tertiary/aromatic N) is 1. The third-order valence-electron chi connectivity index (χ3n) is 3.48. The molecule has 0 bridgehead atoms. The van der Waals surface area contributed by atoms with Crippen molar-refractivity contribution in [1.82, 2.24) is 4.90 Å². The molecule has 1 aliphatic heterocycles. The highest BCUT2D eigenvalue weighted by Gasteiger charge is 2.28. The molecule has 0 aromatic heterocycles. The Balaban J connectivity index is 2.11. The van der Waals surface area contributed by atoms with Crippen molar-refractivity contribution in [3.63, 3.8) is 0 Å². The summed E-state index contributed by atoms with van der Waals surface area (Å²) in [4.78, 5) is 14.0. The number of aliphatic hydroxyl groups is 1. The maximum absolute atomic E-state index is 12.3. The Kier molecular flexibility index (Phi) is 4.45. The van der Waals surface area contributed by atoms with Crippen molar-refractivity contribution in [3.8, 4) is 0 Å². The van der Waals surface area contributed by atoms with Crippen molar-refractivity contribution in [3.05, 3.63) is 35.4 Å². The SMILES string of the molecule is CS(=O)(=O)Cc1ccc(C(=O)N2CCC[C@@H]2CO)cc1. The quantitative estimate of drug-likeness (QED) is 0.893. The molecule has 1 heterocycles. The molecule has 6 heteroatoms. The van der Waals surface area contributed by atoms with Gasteiger partial charge >= 0.3 is 0 Å². The van der Waals surface area contributed by atoms with Gasteiger partial charge in [-0.3, -0.25) is 4.79 Å². The minimum Gasteiger partial charge on any atom is -0.394 e. The van der Waals surface area contributed by atoms with Gasteiger partial charge in [0.05, 0.1) is 18.4 Å². The van der Waals surface area contributed by atoms with E-state index in [2.05, 4.69) is 0 Å². The highest BCUT2D eigenvalue weighted by Crippen LogP contribution is 2.20. The monoisotopic (exact) mass is 297 g/mol. The van der Waals surface area contributed by atoms with Crippen molar-refractivity contribution in [1.29, 1.82) is 0 Å². The van der Waals surface area contributed by atoms with Gasteiger partial charge in [0, 0.05) is 18.4 Å². The fourth-order valence-electron chi connectivity index (χ4n) is 2.51. The largest absolute Gasteiger partial charge is 0.394 e. The molecule has 0 saturated carbocycles. The van der Waals surface area contributed by atoms with Crippen LogP contribution in [0.2, 0.25) is 0 Å². The van der Waals surface area contributed by atoms with Crippen LogP contribution in [0.5, 0.6) is 0 Å². The maximum atomic E-state index is 12.3. The Bertz CT molecular complexity index is 580. The Morgan fingerprint density at radius 1 is 1.35 bits per heavy atom. The molecule has 1 amide bonds. The lowest BCUT2D eigenvalue weighted by Gasteiger charge is -2.23. The van der Waals surface area contributed by atoms with Crippen LogP contribution in [-0.4, -0.2) is 49.8 Å². The van der Waals surface area contributed by atoms with E-state index in [4.69, 9.17) is 0 Å². The van der Waals surface area contributed by atoms with Gasteiger partial charge < -0.3 is 10.0 Å². The first-order chi connectivity index (χ1) is 9.40. The number of carbonyl (C=O) groups is 1. The molecule has 2 rings (SSSR count). The van der Waals surface area contributed by atoms with E-state index in [0.29, 0.717) is 17.7 Å². The zero-order valence-corrected chi connectivity index (χ0v) is 12.3. The lowest BCUT2D eigenvalue weighted by molar-refractivity contribution is 0.0677. The molecule has 1 fully saturated rings. The number of benzene rings is 1. The summed E-state index contributed by atoms with van der Waals surface area (Å²) in [6, 6.07) is 6.53. The molecule has 1 saturated heterocycles. The lowest BCUT2D eigenvalue weighted by atomic mass is 10.1. The van der Waals surface area contributed by atoms with E-state index in [1.54, 1.807) is 29.2 Å². The minimum absolute atomic E-state index is 0.0160. The van der Waals surface area contributed by atoms with Crippen LogP contribution < -0.4 is 0 Å². The van der Waals surface area contributed by atoms with Gasteiger partial charge in [-0.05, 0) is 30.5 Å². The van der Waals surface area contributed by atoms with Crippen LogP contribution in [0.15, 0.2) is 24.3 Å². The third kappa shape index (κ3) is 3.58. The Labute approximate surface area is 119 Å². The number of hydrogen-bond donors (Lipinski definition) is 1. The van der Waals surface area contributed by atoms with Crippen LogP contribution in [0.1, 0.15) is 28.8 Å². The number of aliphatic hydroxyl groups excluding tert-OH is 1. The molecule has 110 valence electrons. The second kappa shape index (κ2) is 5.93. The van der Waals surface area contributed by atoms with Gasteiger partial charge in [-0.2, -0.15) is 0 Å². The summed E-state index contributed by atoms with van der Waals surface area (Å²) >= 11 is 0. The van der Waals surface area contributed by atoms with E-state index in [1.165, 1.54) is 6.26 Å². The van der Waals surface area contributed by atoms with E-state index < -0.39 is 9.84 Å². The van der Waals surface area contributed by atoms with Crippen LogP contribution in [0, 0.1) is 0 Å². The smallest absolute Gasteiger partial charge is 0.254 e. The fourth-order valence-corrected chi connectivity index (χ4v) is 3.30. The van der Waals surface area contributed by atoms with Gasteiger partial charge in [0.15, 0.2) is 9.84 Å². The van der Waals surface area contributed by atoms with E-state index in [0.717, 1.165) is 12.8 Å². The Hall–Kier alpha value is -1.40. The molecule has 0 unspecified atom stereocenters. The highest BCUT2D eigenvalue weighted by molar-refractivity contribution is 7.89. The number of sulfone groups is 1. The van der Waals surface area contributed by atoms with Crippen molar-refractivity contribution in [2.24, 2.45) is 0 Å². The highest BCUT2D eigenvalue weighted by atomic mass is 32.2. The molecule has 1 aromatic rings. The molecule has 0 radical (unpaired) electrons. The predicted molar refractivity (Wildman–Crippen MR) is 76.1 cm³/mol. The van der Waals surface area contributed by atoms with E-state index in [1.807, 2.05) is 0 Å². The summed E-state index contributed by atoms with van der Waals surface area (Å²) in [6.07, 6.45) is 2.92. The Morgan fingerprint density at radius 2 is 2.00 bits per heavy atom. The van der Waals surface area contributed by atoms with E-state index in [-0.39, 0.29) is 24.3 Å². The second-order valence-corrected chi connectivity index (χ2v) is 7.38. The molecule has 1 atom stereocenters. The van der Waals surface area contributed by atoms with Gasteiger partial charge in [-0.1, -0.05) is 12.1 Å². The molecular weight excluding hydrogens is 278 g/mol. The van der Waals surface area contributed by atoms with Crippen molar-refractivity contribution < 1.29 is 18.3 Å². The third-order valence-corrected chi connectivity index (χ3v) is 4.34. The van der Waals surface area contributed by atoms with Gasteiger partial charge in [0.1, 0.15) is 0 Å². The van der Waals surface area contributed by atoms with Gasteiger partial charge in [-0.25, -0.2) is 8.42 Å². The molecule has 1 aromatic carbocycles. The molecule has 0 spiro atoms. The summed E-state index contributed by atoms with van der Waals surface area (Å²) in [5, 5.41) is 9.24. The second-order valence-electron chi connectivity index (χ2n) is 5.24. The topological polar surface area (TPSA) is 74.7 Å². The zero-order valence-electron chi connectivity index (χ0n) is 11.4. The summed E-state index contributed by atoms with van der Waals surface area (Å²) < 4.78 is 22.4. The standard InChI is InChI=1S/C14H19NO4S/c1-20(18,19)10-11-4-6-12(7-5-11)14(17)15-8-2-3-13(15)9-16/h4-7,13,16H,2-3,8-10H2,1H3/t13-/m1/s1. The van der Waals surface area contributed by atoms with Crippen LogP contribution in [0.4, 0.5) is 0 Å². The molecule has 20 heavy (non-hydrogen) atoms. The molecule has 5 nitrogen and oxygen atoms in total. The van der Waals surface area contributed by atoms with Gasteiger partial charge in [-0.15, -0.1) is 0 Å². The van der Waals surface area contributed by atoms with E-state index in [9.17, 15) is 18.3 Å². The molecule has 0 aliphatic carbocycles. The van der Waals surface area contributed by atoms with E-state index >= 15 is 0 Å². The first kappa shape index (κ1) is 15.0. The zero-order chi connectivity index (χ0) is 14.8. The minimum atomic E-state index is -3.07. The average molecular weight is 297 g/mol. The predicted octanol–water partition coefficient (Wildman–Crippen LogP) is 0.828. The van der Waals surface area contributed by atoms with Crippen molar-refractivity contribution >= 4 is 15.7 Å². The number of likely N-dealkylation sites (tertiary alicyclic amines) is 1. The van der Waals surface area contributed by atoms with Crippen LogP contribution in [-0.2, 0) is 15.6 Å². The Morgan fingerprint density at radius 3 is 2.55 bits per heavy atom.